The molecule has 1 atom stereocenters. The van der Waals surface area contributed by atoms with Crippen LogP contribution in [0.2, 0.25) is 0 Å². The van der Waals surface area contributed by atoms with Gasteiger partial charge in [0.15, 0.2) is 0 Å². The van der Waals surface area contributed by atoms with Gasteiger partial charge in [-0.2, -0.15) is 0 Å². The molecule has 7 heteroatoms. The Labute approximate surface area is 270 Å². The lowest BCUT2D eigenvalue weighted by molar-refractivity contribution is 0.102. The number of rotatable bonds is 24. The molecule has 242 valence electrons. The molecule has 3 rings (SSSR count). The number of nitrogens with zero attached hydrogens (tertiary/aromatic N) is 2. The van der Waals surface area contributed by atoms with Crippen molar-refractivity contribution in [3.63, 3.8) is 0 Å². The highest BCUT2D eigenvalue weighted by Gasteiger charge is 2.11. The molecular formula is C37H55N3O3S. The first-order chi connectivity index (χ1) is 21.6. The fourth-order valence-corrected chi connectivity index (χ4v) is 5.98. The number of unbranched alkanes of at least 4 members (excludes halogenated alkanes) is 14. The van der Waals surface area contributed by atoms with Crippen molar-refractivity contribution in [1.82, 2.24) is 10.2 Å². The van der Waals surface area contributed by atoms with E-state index < -0.39 is 0 Å². The van der Waals surface area contributed by atoms with Crippen LogP contribution in [0.3, 0.4) is 0 Å². The van der Waals surface area contributed by atoms with Gasteiger partial charge in [-0.3, -0.25) is 4.79 Å². The molecule has 0 aliphatic heterocycles. The Balaban J connectivity index is 1.31. The molecule has 2 aromatic carbocycles. The minimum atomic E-state index is -0.161. The summed E-state index contributed by atoms with van der Waals surface area (Å²) in [6.45, 7) is 6.60. The normalized spacial score (nSPS) is 11.9. The van der Waals surface area contributed by atoms with Gasteiger partial charge in [-0.05, 0) is 74.7 Å². The predicted octanol–water partition coefficient (Wildman–Crippen LogP) is 11.5. The first-order valence-corrected chi connectivity index (χ1v) is 18.2. The summed E-state index contributed by atoms with van der Waals surface area (Å²) in [6.07, 6.45) is 22.4. The summed E-state index contributed by atoms with van der Waals surface area (Å²) in [5, 5.41) is 12.0. The van der Waals surface area contributed by atoms with Crippen LogP contribution in [-0.4, -0.2) is 28.0 Å². The van der Waals surface area contributed by atoms with Crippen molar-refractivity contribution in [2.24, 2.45) is 0 Å². The number of thioether (sulfide) groups is 1. The van der Waals surface area contributed by atoms with Crippen LogP contribution in [0.15, 0.2) is 58.2 Å². The average molecular weight is 622 g/mol. The van der Waals surface area contributed by atoms with Crippen molar-refractivity contribution in [3.8, 4) is 17.2 Å². The number of nitrogens with one attached hydrogen (secondary N) is 1. The zero-order valence-electron chi connectivity index (χ0n) is 27.5. The smallest absolute Gasteiger partial charge is 0.276 e. The number of ether oxygens (including phenoxy) is 1. The molecule has 1 N–H and O–H groups in total. The highest BCUT2D eigenvalue weighted by Crippen LogP contribution is 2.26. The van der Waals surface area contributed by atoms with Gasteiger partial charge < -0.3 is 14.5 Å². The van der Waals surface area contributed by atoms with Gasteiger partial charge in [0.25, 0.3) is 11.1 Å². The molecule has 1 heterocycles. The standard InChI is InChI=1S/C37H55N3O3S/c1-4-6-8-10-11-12-13-14-15-16-17-19-29-44-37-40-39-36(43-37)32-21-25-33(26-22-32)38-35(41)31-23-27-34(28-24-31)42-30(3)20-18-9-7-5-2/h21-28,30H,4-20,29H2,1-3H3,(H,38,41)/t30-/m0/s1. The van der Waals surface area contributed by atoms with Crippen molar-refractivity contribution >= 4 is 23.4 Å². The molecule has 0 bridgehead atoms. The summed E-state index contributed by atoms with van der Waals surface area (Å²) in [5.41, 5.74) is 2.13. The van der Waals surface area contributed by atoms with Crippen LogP contribution < -0.4 is 10.1 Å². The number of carbonyl (C=O) groups excluding carboxylic acids is 1. The van der Waals surface area contributed by atoms with Crippen molar-refractivity contribution < 1.29 is 13.9 Å². The van der Waals surface area contributed by atoms with Crippen LogP contribution in [0.5, 0.6) is 5.75 Å². The molecule has 0 radical (unpaired) electrons. The maximum Gasteiger partial charge on any atom is 0.276 e. The first-order valence-electron chi connectivity index (χ1n) is 17.2. The van der Waals surface area contributed by atoms with Gasteiger partial charge in [0, 0.05) is 22.6 Å². The Kier molecular flexibility index (Phi) is 17.7. The second-order valence-corrected chi connectivity index (χ2v) is 13.0. The number of anilines is 1. The summed E-state index contributed by atoms with van der Waals surface area (Å²) in [4.78, 5) is 12.8. The van der Waals surface area contributed by atoms with E-state index in [1.54, 1.807) is 23.9 Å². The molecular weight excluding hydrogens is 566 g/mol. The summed E-state index contributed by atoms with van der Waals surface area (Å²) in [5.74, 6) is 2.12. The Hall–Kier alpha value is -2.80. The monoisotopic (exact) mass is 621 g/mol. The average Bonchev–Trinajstić information content (AvgIpc) is 3.51. The fourth-order valence-electron chi connectivity index (χ4n) is 5.22. The van der Waals surface area contributed by atoms with Crippen LogP contribution >= 0.6 is 11.8 Å². The molecule has 0 unspecified atom stereocenters. The number of hydrogen-bond acceptors (Lipinski definition) is 6. The Morgan fingerprint density at radius 2 is 1.32 bits per heavy atom. The van der Waals surface area contributed by atoms with Gasteiger partial charge in [-0.1, -0.05) is 116 Å². The topological polar surface area (TPSA) is 77.2 Å². The minimum absolute atomic E-state index is 0.161. The second kappa shape index (κ2) is 21.8. The molecule has 1 aromatic heterocycles. The molecule has 0 saturated carbocycles. The molecule has 6 nitrogen and oxygen atoms in total. The predicted molar refractivity (Wildman–Crippen MR) is 185 cm³/mol. The maximum absolute atomic E-state index is 12.8. The van der Waals surface area contributed by atoms with Gasteiger partial charge in [0.05, 0.1) is 6.10 Å². The molecule has 1 amide bonds. The molecule has 0 saturated heterocycles. The zero-order valence-corrected chi connectivity index (χ0v) is 28.3. The third-order valence-corrected chi connectivity index (χ3v) is 8.84. The SMILES string of the molecule is CCCCCCCCCCCCCCSc1nnc(-c2ccc(NC(=O)c3ccc(O[C@@H](C)CCCCCC)cc3)cc2)o1. The van der Waals surface area contributed by atoms with E-state index in [-0.39, 0.29) is 12.0 Å². The van der Waals surface area contributed by atoms with Crippen LogP contribution in [-0.2, 0) is 0 Å². The summed E-state index contributed by atoms with van der Waals surface area (Å²) in [6, 6.07) is 14.8. The number of amides is 1. The molecule has 0 aliphatic carbocycles. The van der Waals surface area contributed by atoms with Crippen LogP contribution in [0.1, 0.15) is 140 Å². The van der Waals surface area contributed by atoms with Crippen LogP contribution in [0, 0.1) is 0 Å². The summed E-state index contributed by atoms with van der Waals surface area (Å²) >= 11 is 1.63. The molecule has 0 aliphatic rings. The third-order valence-electron chi connectivity index (χ3n) is 7.94. The lowest BCUT2D eigenvalue weighted by Gasteiger charge is -2.15. The second-order valence-electron chi connectivity index (χ2n) is 11.9. The minimum Gasteiger partial charge on any atom is -0.491 e. The fraction of sp³-hybridized carbons (Fsp3) is 0.595. The number of hydrogen-bond donors (Lipinski definition) is 1. The molecule has 44 heavy (non-hydrogen) atoms. The van der Waals surface area contributed by atoms with Gasteiger partial charge >= 0.3 is 0 Å². The number of benzene rings is 2. The molecule has 0 fully saturated rings. The van der Waals surface area contributed by atoms with E-state index in [1.165, 1.54) is 103 Å². The van der Waals surface area contributed by atoms with E-state index in [4.69, 9.17) is 9.15 Å². The number of carbonyl (C=O) groups is 1. The van der Waals surface area contributed by atoms with E-state index in [0.29, 0.717) is 22.4 Å². The Morgan fingerprint density at radius 3 is 1.93 bits per heavy atom. The zero-order chi connectivity index (χ0) is 31.2. The van der Waals surface area contributed by atoms with E-state index in [9.17, 15) is 4.79 Å². The Bertz CT molecular complexity index is 1160. The number of aromatic nitrogens is 2. The first kappa shape index (κ1) is 35.7. The van der Waals surface area contributed by atoms with Crippen molar-refractivity contribution in [3.05, 3.63) is 54.1 Å². The van der Waals surface area contributed by atoms with E-state index in [2.05, 4.69) is 36.3 Å². The van der Waals surface area contributed by atoms with E-state index in [1.807, 2.05) is 36.4 Å². The third kappa shape index (κ3) is 14.3. The summed E-state index contributed by atoms with van der Waals surface area (Å²) < 4.78 is 11.9. The van der Waals surface area contributed by atoms with E-state index in [0.717, 1.165) is 23.5 Å². The van der Waals surface area contributed by atoms with Gasteiger partial charge in [0.1, 0.15) is 5.75 Å². The van der Waals surface area contributed by atoms with Crippen molar-refractivity contribution in [1.29, 1.82) is 0 Å². The highest BCUT2D eigenvalue weighted by atomic mass is 32.2. The van der Waals surface area contributed by atoms with Crippen molar-refractivity contribution in [2.45, 2.75) is 141 Å². The van der Waals surface area contributed by atoms with Crippen LogP contribution in [0.4, 0.5) is 5.69 Å². The highest BCUT2D eigenvalue weighted by molar-refractivity contribution is 7.99. The lowest BCUT2D eigenvalue weighted by Crippen LogP contribution is -2.13. The largest absolute Gasteiger partial charge is 0.491 e. The van der Waals surface area contributed by atoms with Crippen LogP contribution in [0.25, 0.3) is 11.5 Å². The summed E-state index contributed by atoms with van der Waals surface area (Å²) in [7, 11) is 0. The van der Waals surface area contributed by atoms with E-state index >= 15 is 0 Å². The maximum atomic E-state index is 12.8. The Morgan fingerprint density at radius 1 is 0.750 bits per heavy atom. The van der Waals surface area contributed by atoms with Crippen molar-refractivity contribution in [2.75, 3.05) is 11.1 Å². The lowest BCUT2D eigenvalue weighted by atomic mass is 10.1. The quantitative estimate of drug-likeness (QED) is 0.0792. The molecule has 3 aromatic rings. The van der Waals surface area contributed by atoms with Gasteiger partial charge in [-0.25, -0.2) is 0 Å². The molecule has 0 spiro atoms. The van der Waals surface area contributed by atoms with Gasteiger partial charge in [0.2, 0.25) is 5.89 Å². The van der Waals surface area contributed by atoms with Gasteiger partial charge in [-0.15, -0.1) is 10.2 Å².